The maximum atomic E-state index is 10.2. The molecule has 1 aromatic heterocycles. The summed E-state index contributed by atoms with van der Waals surface area (Å²) >= 11 is 0. The molecule has 0 aliphatic carbocycles. The summed E-state index contributed by atoms with van der Waals surface area (Å²) in [6.45, 7) is 0. The largest absolute Gasteiger partial charge is 0.426 e. The first kappa shape index (κ1) is 4.83. The van der Waals surface area contributed by atoms with Gasteiger partial charge in [0.2, 0.25) is 0 Å². The SMILES string of the molecule is O=c1[nH]ccoc1=O. The molecule has 0 fully saturated rings. The van der Waals surface area contributed by atoms with E-state index < -0.39 is 11.2 Å². The fraction of sp³-hybridized carbons (Fsp3) is 0. The molecule has 0 aromatic carbocycles. The van der Waals surface area contributed by atoms with Gasteiger partial charge in [-0.1, -0.05) is 0 Å². The van der Waals surface area contributed by atoms with Gasteiger partial charge in [0, 0.05) is 6.20 Å². The lowest BCUT2D eigenvalue weighted by molar-refractivity contribution is 0.494. The second kappa shape index (κ2) is 1.65. The lowest BCUT2D eigenvalue weighted by Gasteiger charge is -1.74. The first-order chi connectivity index (χ1) is 3.80. The summed E-state index contributed by atoms with van der Waals surface area (Å²) in [7, 11) is 0. The minimum absolute atomic E-state index is 0.729. The summed E-state index contributed by atoms with van der Waals surface area (Å²) in [6, 6.07) is 0. The van der Waals surface area contributed by atoms with Crippen molar-refractivity contribution in [3.8, 4) is 0 Å². The molecule has 0 bridgehead atoms. The average molecular weight is 113 g/mol. The van der Waals surface area contributed by atoms with Gasteiger partial charge < -0.3 is 9.40 Å². The zero-order valence-corrected chi connectivity index (χ0v) is 3.88. The predicted molar refractivity (Wildman–Crippen MR) is 25.6 cm³/mol. The highest BCUT2D eigenvalue weighted by Gasteiger charge is 1.86. The van der Waals surface area contributed by atoms with Crippen LogP contribution < -0.4 is 11.2 Å². The van der Waals surface area contributed by atoms with Crippen LogP contribution in [0.25, 0.3) is 0 Å². The van der Waals surface area contributed by atoms with E-state index in [4.69, 9.17) is 0 Å². The Balaban J connectivity index is 3.59. The molecular formula is C4H3NO3. The van der Waals surface area contributed by atoms with E-state index in [1.54, 1.807) is 0 Å². The van der Waals surface area contributed by atoms with Crippen LogP contribution in [0.2, 0.25) is 0 Å². The van der Waals surface area contributed by atoms with Crippen molar-refractivity contribution in [1.82, 2.24) is 4.98 Å². The zero-order valence-electron chi connectivity index (χ0n) is 3.88. The van der Waals surface area contributed by atoms with Crippen LogP contribution in [0, 0.1) is 0 Å². The van der Waals surface area contributed by atoms with Crippen molar-refractivity contribution in [3.63, 3.8) is 0 Å². The number of hydrogen-bond donors (Lipinski definition) is 1. The zero-order chi connectivity index (χ0) is 5.98. The molecule has 0 aliphatic rings. The molecule has 0 saturated carbocycles. The third kappa shape index (κ3) is 0.676. The highest BCUT2D eigenvalue weighted by Crippen LogP contribution is 1.59. The maximum Gasteiger partial charge on any atom is 0.402 e. The first-order valence-electron chi connectivity index (χ1n) is 1.97. The van der Waals surface area contributed by atoms with Gasteiger partial charge in [-0.2, -0.15) is 0 Å². The normalized spacial score (nSPS) is 9.00. The van der Waals surface area contributed by atoms with Gasteiger partial charge in [0.25, 0.3) is 0 Å². The van der Waals surface area contributed by atoms with E-state index in [9.17, 15) is 9.59 Å². The third-order valence-electron chi connectivity index (χ3n) is 0.643. The van der Waals surface area contributed by atoms with Crippen molar-refractivity contribution in [1.29, 1.82) is 0 Å². The monoisotopic (exact) mass is 113 g/mol. The molecule has 42 valence electrons. The molecule has 0 saturated heterocycles. The molecule has 0 atom stereocenters. The van der Waals surface area contributed by atoms with Gasteiger partial charge >= 0.3 is 11.2 Å². The fourth-order valence-electron chi connectivity index (χ4n) is 0.318. The lowest BCUT2D eigenvalue weighted by Crippen LogP contribution is -2.23. The molecule has 1 rings (SSSR count). The van der Waals surface area contributed by atoms with Gasteiger partial charge in [0.05, 0.1) is 0 Å². The Kier molecular flexibility index (Phi) is 0.997. The van der Waals surface area contributed by atoms with Gasteiger partial charge in [-0.3, -0.25) is 4.79 Å². The standard InChI is InChI=1S/C4H3NO3/c6-3-4(7)8-2-1-5-3/h1-2H,(H,5,6). The Bertz CT molecular complexity index is 242. The summed E-state index contributed by atoms with van der Waals surface area (Å²) in [5, 5.41) is 0. The van der Waals surface area contributed by atoms with Crippen molar-refractivity contribution < 1.29 is 4.42 Å². The van der Waals surface area contributed by atoms with Gasteiger partial charge in [0.1, 0.15) is 6.26 Å². The molecule has 1 N–H and O–H groups in total. The summed E-state index contributed by atoms with van der Waals surface area (Å²) in [6.07, 6.45) is 2.37. The molecule has 8 heavy (non-hydrogen) atoms. The van der Waals surface area contributed by atoms with Crippen molar-refractivity contribution in [3.05, 3.63) is 33.2 Å². The maximum absolute atomic E-state index is 10.2. The van der Waals surface area contributed by atoms with Crippen LogP contribution in [-0.4, -0.2) is 4.98 Å². The van der Waals surface area contributed by atoms with Crippen LogP contribution in [0.1, 0.15) is 0 Å². The number of H-pyrrole nitrogens is 1. The van der Waals surface area contributed by atoms with Crippen molar-refractivity contribution in [2.45, 2.75) is 0 Å². The first-order valence-corrected chi connectivity index (χ1v) is 1.97. The molecule has 0 unspecified atom stereocenters. The second-order valence-corrected chi connectivity index (χ2v) is 1.18. The summed E-state index contributed by atoms with van der Waals surface area (Å²) in [5.74, 6) is 0. The quantitative estimate of drug-likeness (QED) is 0.454. The topological polar surface area (TPSA) is 63.1 Å². The Morgan fingerprint density at radius 2 is 2.25 bits per heavy atom. The Labute approximate surface area is 43.8 Å². The third-order valence-corrected chi connectivity index (χ3v) is 0.643. The minimum atomic E-state index is -0.868. The molecule has 1 heterocycles. The van der Waals surface area contributed by atoms with Gasteiger partial charge in [-0.15, -0.1) is 0 Å². The van der Waals surface area contributed by atoms with Crippen LogP contribution in [0.15, 0.2) is 26.5 Å². The Hall–Kier alpha value is -1.32. The average Bonchev–Trinajstić information content (AvgIpc) is 1.77. The number of aromatic nitrogens is 1. The molecular weight excluding hydrogens is 110 g/mol. The minimum Gasteiger partial charge on any atom is -0.426 e. The predicted octanol–water partition coefficient (Wildman–Crippen LogP) is -0.672. The van der Waals surface area contributed by atoms with Crippen LogP contribution >= 0.6 is 0 Å². The van der Waals surface area contributed by atoms with Gasteiger partial charge in [0.15, 0.2) is 0 Å². The number of aromatic amines is 1. The van der Waals surface area contributed by atoms with Crippen LogP contribution in [0.5, 0.6) is 0 Å². The smallest absolute Gasteiger partial charge is 0.402 e. The summed E-state index contributed by atoms with van der Waals surface area (Å²) in [5.41, 5.74) is -1.60. The number of rotatable bonds is 0. The summed E-state index contributed by atoms with van der Waals surface area (Å²) in [4.78, 5) is 22.4. The van der Waals surface area contributed by atoms with E-state index in [0.717, 1.165) is 6.26 Å². The number of hydrogen-bond acceptors (Lipinski definition) is 3. The molecule has 0 spiro atoms. The van der Waals surface area contributed by atoms with Crippen LogP contribution in [-0.2, 0) is 0 Å². The molecule has 0 amide bonds. The van der Waals surface area contributed by atoms with E-state index >= 15 is 0 Å². The Morgan fingerprint density at radius 3 is 2.62 bits per heavy atom. The fourth-order valence-corrected chi connectivity index (χ4v) is 0.318. The molecule has 4 nitrogen and oxygen atoms in total. The van der Waals surface area contributed by atoms with E-state index in [1.165, 1.54) is 6.20 Å². The Morgan fingerprint density at radius 1 is 1.50 bits per heavy atom. The van der Waals surface area contributed by atoms with Gasteiger partial charge in [-0.05, 0) is 0 Å². The van der Waals surface area contributed by atoms with E-state index in [2.05, 4.69) is 9.40 Å². The highest BCUT2D eigenvalue weighted by atomic mass is 16.4. The second-order valence-electron chi connectivity index (χ2n) is 1.18. The van der Waals surface area contributed by atoms with Crippen molar-refractivity contribution in [2.75, 3.05) is 0 Å². The van der Waals surface area contributed by atoms with E-state index in [1.807, 2.05) is 0 Å². The molecule has 1 aromatic rings. The highest BCUT2D eigenvalue weighted by molar-refractivity contribution is 4.69. The van der Waals surface area contributed by atoms with Crippen LogP contribution in [0.3, 0.4) is 0 Å². The van der Waals surface area contributed by atoms with Crippen LogP contribution in [0.4, 0.5) is 0 Å². The van der Waals surface area contributed by atoms with E-state index in [-0.39, 0.29) is 0 Å². The van der Waals surface area contributed by atoms with E-state index in [0.29, 0.717) is 0 Å². The lowest BCUT2D eigenvalue weighted by atomic mass is 10.8. The number of nitrogens with one attached hydrogen (secondary N) is 1. The summed E-state index contributed by atoms with van der Waals surface area (Å²) < 4.78 is 4.16. The van der Waals surface area contributed by atoms with Gasteiger partial charge in [-0.25, -0.2) is 4.79 Å². The molecule has 0 aliphatic heterocycles. The van der Waals surface area contributed by atoms with Crippen molar-refractivity contribution in [2.24, 2.45) is 0 Å². The van der Waals surface area contributed by atoms with Crippen molar-refractivity contribution >= 4 is 0 Å². The molecule has 0 radical (unpaired) electrons. The molecule has 4 heteroatoms.